The van der Waals surface area contributed by atoms with Gasteiger partial charge in [0, 0.05) is 24.3 Å². The molecule has 0 saturated heterocycles. The van der Waals surface area contributed by atoms with E-state index in [9.17, 15) is 19.5 Å². The molecule has 8 nitrogen and oxygen atoms in total. The number of anilines is 1. The molecular weight excluding hydrogens is 470 g/mol. The van der Waals surface area contributed by atoms with E-state index < -0.39 is 29.0 Å². The molecule has 0 spiro atoms. The Morgan fingerprint density at radius 2 is 1.78 bits per heavy atom. The molecule has 1 aromatic heterocycles. The molecule has 1 aromatic carbocycles. The Hall–Kier alpha value is -3.42. The van der Waals surface area contributed by atoms with Gasteiger partial charge in [0.25, 0.3) is 0 Å². The maximum atomic E-state index is 13.1. The Bertz CT molecular complexity index is 1180. The average Bonchev–Trinajstić information content (AvgIpc) is 3.33. The van der Waals surface area contributed by atoms with Gasteiger partial charge in [0.05, 0.1) is 11.4 Å². The third-order valence-electron chi connectivity index (χ3n) is 6.81. The fourth-order valence-electron chi connectivity index (χ4n) is 4.58. The van der Waals surface area contributed by atoms with Gasteiger partial charge >= 0.3 is 12.1 Å². The summed E-state index contributed by atoms with van der Waals surface area (Å²) in [5, 5.41) is 12.1. The molecule has 0 bridgehead atoms. The van der Waals surface area contributed by atoms with Crippen molar-refractivity contribution in [1.82, 2.24) is 10.4 Å². The molecule has 0 radical (unpaired) electrons. The number of rotatable bonds is 9. The van der Waals surface area contributed by atoms with Gasteiger partial charge in [-0.25, -0.2) is 15.2 Å². The van der Waals surface area contributed by atoms with Gasteiger partial charge in [-0.3, -0.25) is 14.6 Å². The number of aliphatic carboxylic acids is 1. The largest absolute Gasteiger partial charge is 0.481 e. The zero-order chi connectivity index (χ0) is 27.4. The van der Waals surface area contributed by atoms with Crippen LogP contribution in [0, 0.1) is 17.3 Å². The SMILES string of the molecule is CN(NC(=O)OC(C)(C)C)c1ccc2ccc(/C=C/C(C)(C)C(=O)CC(C(=O)O)C3CCCC3)cc2n1. The first-order valence-electron chi connectivity index (χ1n) is 12.8. The predicted octanol–water partition coefficient (Wildman–Crippen LogP) is 6.00. The molecule has 1 saturated carbocycles. The molecular formula is C29H39N3O5. The molecule has 2 aromatic rings. The third kappa shape index (κ3) is 7.78. The number of carbonyl (C=O) groups is 3. The second kappa shape index (κ2) is 11.3. The number of carboxylic acids is 1. The molecule has 1 unspecified atom stereocenters. The quantitative estimate of drug-likeness (QED) is 0.399. The van der Waals surface area contributed by atoms with E-state index in [1.165, 1.54) is 5.01 Å². The molecule has 1 aliphatic rings. The van der Waals surface area contributed by atoms with E-state index in [0.29, 0.717) is 5.82 Å². The summed E-state index contributed by atoms with van der Waals surface area (Å²) in [5.74, 6) is -0.926. The van der Waals surface area contributed by atoms with Crippen molar-refractivity contribution < 1.29 is 24.2 Å². The highest BCUT2D eigenvalue weighted by Crippen LogP contribution is 2.35. The molecule has 1 fully saturated rings. The number of hydrogen-bond donors (Lipinski definition) is 2. The smallest absolute Gasteiger partial charge is 0.426 e. The fraction of sp³-hybridized carbons (Fsp3) is 0.517. The Kier molecular flexibility index (Phi) is 8.61. The molecule has 0 aliphatic heterocycles. The van der Waals surface area contributed by atoms with Crippen molar-refractivity contribution in [3.63, 3.8) is 0 Å². The predicted molar refractivity (Wildman–Crippen MR) is 145 cm³/mol. The number of carboxylic acid groups (broad SMARTS) is 1. The van der Waals surface area contributed by atoms with Gasteiger partial charge in [-0.05, 0) is 77.1 Å². The van der Waals surface area contributed by atoms with Crippen LogP contribution in [0.2, 0.25) is 0 Å². The maximum absolute atomic E-state index is 13.1. The highest BCUT2D eigenvalue weighted by atomic mass is 16.6. The molecule has 1 amide bonds. The van der Waals surface area contributed by atoms with E-state index in [0.717, 1.165) is 42.1 Å². The lowest BCUT2D eigenvalue weighted by molar-refractivity contribution is -0.146. The van der Waals surface area contributed by atoms with Crippen molar-refractivity contribution in [2.24, 2.45) is 17.3 Å². The normalized spacial score (nSPS) is 15.6. The summed E-state index contributed by atoms with van der Waals surface area (Å²) in [6.07, 6.45) is 7.04. The van der Waals surface area contributed by atoms with E-state index >= 15 is 0 Å². The minimum Gasteiger partial charge on any atom is -0.481 e. The summed E-state index contributed by atoms with van der Waals surface area (Å²) < 4.78 is 5.30. The first-order chi connectivity index (χ1) is 17.2. The molecule has 200 valence electrons. The highest BCUT2D eigenvalue weighted by molar-refractivity contribution is 5.90. The number of amides is 1. The van der Waals surface area contributed by atoms with Gasteiger partial charge in [-0.15, -0.1) is 0 Å². The van der Waals surface area contributed by atoms with Crippen LogP contribution in [0.3, 0.4) is 0 Å². The molecule has 1 atom stereocenters. The number of nitrogens with zero attached hydrogens (tertiary/aromatic N) is 2. The van der Waals surface area contributed by atoms with Crippen molar-refractivity contribution in [2.45, 2.75) is 72.3 Å². The van der Waals surface area contributed by atoms with Crippen molar-refractivity contribution in [3.8, 4) is 0 Å². The first-order valence-corrected chi connectivity index (χ1v) is 12.8. The van der Waals surface area contributed by atoms with Gasteiger partial charge in [0.1, 0.15) is 17.2 Å². The lowest BCUT2D eigenvalue weighted by Crippen LogP contribution is -2.43. The second-order valence-corrected chi connectivity index (χ2v) is 11.5. The summed E-state index contributed by atoms with van der Waals surface area (Å²) in [7, 11) is 1.69. The Morgan fingerprint density at radius 3 is 2.41 bits per heavy atom. The van der Waals surface area contributed by atoms with Gasteiger partial charge in [-0.1, -0.05) is 37.1 Å². The van der Waals surface area contributed by atoms with Crippen molar-refractivity contribution in [3.05, 3.63) is 42.0 Å². The van der Waals surface area contributed by atoms with Gasteiger partial charge in [0.2, 0.25) is 0 Å². The van der Waals surface area contributed by atoms with Gasteiger partial charge in [0.15, 0.2) is 0 Å². The monoisotopic (exact) mass is 509 g/mol. The number of Topliss-reactive ketones (excluding diaryl/α,β-unsaturated/α-hetero) is 1. The average molecular weight is 510 g/mol. The number of carbonyl (C=O) groups excluding carboxylic acids is 2. The summed E-state index contributed by atoms with van der Waals surface area (Å²) in [5.41, 5.74) is 2.84. The maximum Gasteiger partial charge on any atom is 0.426 e. The molecule has 3 rings (SSSR count). The number of benzene rings is 1. The van der Waals surface area contributed by atoms with E-state index in [1.807, 2.05) is 50.3 Å². The number of fused-ring (bicyclic) bond motifs is 1. The van der Waals surface area contributed by atoms with Gasteiger partial charge in [-0.2, -0.15) is 0 Å². The topological polar surface area (TPSA) is 109 Å². The molecule has 1 aliphatic carbocycles. The summed E-state index contributed by atoms with van der Waals surface area (Å²) in [4.78, 5) is 41.7. The van der Waals surface area contributed by atoms with Crippen molar-refractivity contribution >= 4 is 40.6 Å². The minimum absolute atomic E-state index is 0.0525. The number of pyridine rings is 1. The van der Waals surface area contributed by atoms with E-state index in [1.54, 1.807) is 33.9 Å². The summed E-state index contributed by atoms with van der Waals surface area (Å²) in [6.45, 7) is 9.04. The van der Waals surface area contributed by atoms with Crippen molar-refractivity contribution in [2.75, 3.05) is 12.1 Å². The van der Waals surface area contributed by atoms with Crippen LogP contribution in [-0.2, 0) is 14.3 Å². The number of allylic oxidation sites excluding steroid dienone is 1. The van der Waals surface area contributed by atoms with E-state index in [-0.39, 0.29) is 18.1 Å². The zero-order valence-corrected chi connectivity index (χ0v) is 22.7. The standard InChI is InChI=1S/C29H39N3O5/c1-28(2,3)37-27(36)31-32(6)25-14-13-21-12-11-19(17-23(21)30-25)15-16-29(4,5)24(33)18-22(26(34)35)20-9-7-8-10-20/h11-17,20,22H,7-10,18H2,1-6H3,(H,31,36)(H,34,35)/b16-15+. The summed E-state index contributed by atoms with van der Waals surface area (Å²) >= 11 is 0. The molecule has 37 heavy (non-hydrogen) atoms. The lowest BCUT2D eigenvalue weighted by Gasteiger charge is -2.24. The van der Waals surface area contributed by atoms with Crippen LogP contribution in [0.4, 0.5) is 10.6 Å². The van der Waals surface area contributed by atoms with Crippen LogP contribution >= 0.6 is 0 Å². The van der Waals surface area contributed by atoms with Crippen LogP contribution in [0.25, 0.3) is 17.0 Å². The van der Waals surface area contributed by atoms with Crippen LogP contribution in [0.5, 0.6) is 0 Å². The molecule has 1 heterocycles. The Labute approximate surface area is 219 Å². The molecule has 2 N–H and O–H groups in total. The van der Waals surface area contributed by atoms with E-state index in [4.69, 9.17) is 4.74 Å². The number of hydrazine groups is 1. The van der Waals surface area contributed by atoms with Crippen LogP contribution in [0.1, 0.15) is 72.3 Å². The summed E-state index contributed by atoms with van der Waals surface area (Å²) in [6, 6.07) is 9.53. The van der Waals surface area contributed by atoms with E-state index in [2.05, 4.69) is 10.4 Å². The van der Waals surface area contributed by atoms with Gasteiger partial charge < -0.3 is 9.84 Å². The third-order valence-corrected chi connectivity index (χ3v) is 6.81. The fourth-order valence-corrected chi connectivity index (χ4v) is 4.58. The van der Waals surface area contributed by atoms with Crippen LogP contribution in [-0.4, -0.2) is 40.6 Å². The number of ether oxygens (including phenoxy) is 1. The number of ketones is 1. The van der Waals surface area contributed by atoms with Crippen LogP contribution < -0.4 is 10.4 Å². The van der Waals surface area contributed by atoms with Crippen LogP contribution in [0.15, 0.2) is 36.4 Å². The number of nitrogens with one attached hydrogen (secondary N) is 1. The Balaban J connectivity index is 1.72. The minimum atomic E-state index is -0.873. The lowest BCUT2D eigenvalue weighted by atomic mass is 9.78. The van der Waals surface area contributed by atoms with Crippen molar-refractivity contribution in [1.29, 1.82) is 0 Å². The first kappa shape index (κ1) is 28.2. The number of aromatic nitrogens is 1. The zero-order valence-electron chi connectivity index (χ0n) is 22.7. The highest BCUT2D eigenvalue weighted by Gasteiger charge is 2.35. The molecule has 8 heteroatoms. The Morgan fingerprint density at radius 1 is 1.14 bits per heavy atom. The second-order valence-electron chi connectivity index (χ2n) is 11.5. The number of hydrogen-bond acceptors (Lipinski definition) is 6.